The molecule has 5 nitrogen and oxygen atoms in total. The van der Waals surface area contributed by atoms with Gasteiger partial charge in [-0.2, -0.15) is 0 Å². The summed E-state index contributed by atoms with van der Waals surface area (Å²) in [5.74, 6) is 0.546. The van der Waals surface area contributed by atoms with Crippen LogP contribution in [0.3, 0.4) is 0 Å². The van der Waals surface area contributed by atoms with E-state index < -0.39 is 0 Å². The van der Waals surface area contributed by atoms with Gasteiger partial charge in [0.25, 0.3) is 5.91 Å². The van der Waals surface area contributed by atoms with Crippen LogP contribution in [-0.2, 0) is 13.0 Å². The second-order valence-electron chi connectivity index (χ2n) is 5.00. The first kappa shape index (κ1) is 13.5. The number of benzene rings is 1. The van der Waals surface area contributed by atoms with E-state index in [-0.39, 0.29) is 5.91 Å². The molecular formula is C16H18N4O. The average molecular weight is 282 g/mol. The number of amides is 1. The van der Waals surface area contributed by atoms with E-state index in [4.69, 9.17) is 0 Å². The van der Waals surface area contributed by atoms with Gasteiger partial charge in [-0.1, -0.05) is 19.1 Å². The maximum atomic E-state index is 12.4. The Labute approximate surface area is 124 Å². The quantitative estimate of drug-likeness (QED) is 0.936. The lowest BCUT2D eigenvalue weighted by Gasteiger charge is -2.15. The fourth-order valence-corrected chi connectivity index (χ4v) is 2.45. The fraction of sp³-hybridized carbons (Fsp3) is 0.312. The zero-order chi connectivity index (χ0) is 14.8. The van der Waals surface area contributed by atoms with Crippen LogP contribution in [-0.4, -0.2) is 22.4 Å². The SMILES string of the molecule is CCNc1ncc2c(n1)CN(c1ccc(CC)cc1)C2=O. The molecule has 1 aromatic carbocycles. The Balaban J connectivity index is 1.88. The maximum Gasteiger partial charge on any atom is 0.262 e. The molecule has 0 atom stereocenters. The molecular weight excluding hydrogens is 264 g/mol. The van der Waals surface area contributed by atoms with Gasteiger partial charge in [-0.25, -0.2) is 9.97 Å². The van der Waals surface area contributed by atoms with Crippen molar-refractivity contribution in [2.45, 2.75) is 26.8 Å². The number of nitrogens with zero attached hydrogens (tertiary/aromatic N) is 3. The van der Waals surface area contributed by atoms with Crippen LogP contribution in [0, 0.1) is 0 Å². The van der Waals surface area contributed by atoms with Gasteiger partial charge >= 0.3 is 0 Å². The summed E-state index contributed by atoms with van der Waals surface area (Å²) in [5.41, 5.74) is 3.54. The minimum Gasteiger partial charge on any atom is -0.354 e. The first-order valence-electron chi connectivity index (χ1n) is 7.23. The van der Waals surface area contributed by atoms with Crippen LogP contribution in [0.25, 0.3) is 0 Å². The van der Waals surface area contributed by atoms with E-state index in [1.807, 2.05) is 19.1 Å². The zero-order valence-corrected chi connectivity index (χ0v) is 12.3. The molecule has 1 aliphatic rings. The van der Waals surface area contributed by atoms with Gasteiger partial charge in [0.05, 0.1) is 17.8 Å². The first-order chi connectivity index (χ1) is 10.2. The van der Waals surface area contributed by atoms with Crippen LogP contribution in [0.15, 0.2) is 30.5 Å². The summed E-state index contributed by atoms with van der Waals surface area (Å²) in [4.78, 5) is 22.8. The van der Waals surface area contributed by atoms with Crippen LogP contribution in [0.4, 0.5) is 11.6 Å². The standard InChI is InChI=1S/C16H18N4O/c1-3-11-5-7-12(8-6-11)20-10-14-13(15(20)21)9-18-16(19-14)17-4-2/h5-9H,3-4,10H2,1-2H3,(H,17,18,19). The van der Waals surface area contributed by atoms with E-state index in [1.165, 1.54) is 5.56 Å². The molecule has 0 fully saturated rings. The molecule has 1 amide bonds. The Kier molecular flexibility index (Phi) is 3.56. The molecule has 1 aromatic heterocycles. The van der Waals surface area contributed by atoms with Crippen LogP contribution < -0.4 is 10.2 Å². The number of hydrogen-bond donors (Lipinski definition) is 1. The Hall–Kier alpha value is -2.43. The third kappa shape index (κ3) is 2.46. The smallest absolute Gasteiger partial charge is 0.262 e. The molecule has 0 bridgehead atoms. The summed E-state index contributed by atoms with van der Waals surface area (Å²) in [6.07, 6.45) is 2.61. The van der Waals surface area contributed by atoms with E-state index in [0.717, 1.165) is 24.3 Å². The minimum absolute atomic E-state index is 0.0303. The lowest BCUT2D eigenvalue weighted by atomic mass is 10.1. The highest BCUT2D eigenvalue weighted by molar-refractivity contribution is 6.09. The molecule has 0 spiro atoms. The van der Waals surface area contributed by atoms with Gasteiger partial charge < -0.3 is 10.2 Å². The molecule has 21 heavy (non-hydrogen) atoms. The number of fused-ring (bicyclic) bond motifs is 1. The largest absolute Gasteiger partial charge is 0.354 e. The Morgan fingerprint density at radius 3 is 2.67 bits per heavy atom. The Morgan fingerprint density at radius 2 is 2.00 bits per heavy atom. The lowest BCUT2D eigenvalue weighted by molar-refractivity contribution is 0.0996. The average Bonchev–Trinajstić information content (AvgIpc) is 2.84. The molecule has 0 aliphatic carbocycles. The van der Waals surface area contributed by atoms with Crippen LogP contribution in [0.1, 0.15) is 35.5 Å². The third-order valence-corrected chi connectivity index (χ3v) is 3.64. The van der Waals surface area contributed by atoms with Gasteiger partial charge in [-0.15, -0.1) is 0 Å². The summed E-state index contributed by atoms with van der Waals surface area (Å²) < 4.78 is 0. The Bertz CT molecular complexity index is 666. The van der Waals surface area contributed by atoms with Crippen molar-refractivity contribution < 1.29 is 4.79 Å². The fourth-order valence-electron chi connectivity index (χ4n) is 2.45. The highest BCUT2D eigenvalue weighted by atomic mass is 16.2. The van der Waals surface area contributed by atoms with Crippen molar-refractivity contribution in [1.82, 2.24) is 9.97 Å². The van der Waals surface area contributed by atoms with Crippen molar-refractivity contribution in [3.63, 3.8) is 0 Å². The van der Waals surface area contributed by atoms with Crippen molar-refractivity contribution >= 4 is 17.5 Å². The van der Waals surface area contributed by atoms with Gasteiger partial charge in [-0.3, -0.25) is 4.79 Å². The molecule has 2 aromatic rings. The first-order valence-corrected chi connectivity index (χ1v) is 7.23. The zero-order valence-electron chi connectivity index (χ0n) is 12.3. The molecule has 0 unspecified atom stereocenters. The van der Waals surface area contributed by atoms with Gasteiger partial charge in [0.2, 0.25) is 5.95 Å². The number of aromatic nitrogens is 2. The van der Waals surface area contributed by atoms with E-state index >= 15 is 0 Å². The van der Waals surface area contributed by atoms with Crippen LogP contribution >= 0.6 is 0 Å². The molecule has 1 aliphatic heterocycles. The van der Waals surface area contributed by atoms with Crippen LogP contribution in [0.5, 0.6) is 0 Å². The van der Waals surface area contributed by atoms with Gasteiger partial charge in [-0.05, 0) is 31.0 Å². The molecule has 0 saturated heterocycles. The van der Waals surface area contributed by atoms with Crippen molar-refractivity contribution in [3.8, 4) is 0 Å². The molecule has 3 rings (SSSR count). The lowest BCUT2D eigenvalue weighted by Crippen LogP contribution is -2.22. The molecule has 1 N–H and O–H groups in total. The molecule has 108 valence electrons. The maximum absolute atomic E-state index is 12.4. The second kappa shape index (κ2) is 5.52. The number of rotatable bonds is 4. The van der Waals surface area contributed by atoms with E-state index in [1.54, 1.807) is 11.1 Å². The van der Waals surface area contributed by atoms with Crippen molar-refractivity contribution in [2.24, 2.45) is 0 Å². The van der Waals surface area contributed by atoms with Gasteiger partial charge in [0, 0.05) is 18.4 Å². The third-order valence-electron chi connectivity index (χ3n) is 3.64. The Morgan fingerprint density at radius 1 is 1.24 bits per heavy atom. The topological polar surface area (TPSA) is 58.1 Å². The minimum atomic E-state index is -0.0303. The summed E-state index contributed by atoms with van der Waals surface area (Å²) in [6.45, 7) is 5.36. The number of carbonyl (C=O) groups is 1. The van der Waals surface area contributed by atoms with Crippen LogP contribution in [0.2, 0.25) is 0 Å². The summed E-state index contributed by atoms with van der Waals surface area (Å²) in [5, 5.41) is 3.07. The highest BCUT2D eigenvalue weighted by Gasteiger charge is 2.30. The van der Waals surface area contributed by atoms with E-state index in [9.17, 15) is 4.79 Å². The highest BCUT2D eigenvalue weighted by Crippen LogP contribution is 2.27. The number of hydrogen-bond acceptors (Lipinski definition) is 4. The molecule has 2 heterocycles. The predicted octanol–water partition coefficient (Wildman–Crippen LogP) is 2.63. The molecule has 5 heteroatoms. The van der Waals surface area contributed by atoms with Gasteiger partial charge in [0.15, 0.2) is 0 Å². The monoisotopic (exact) mass is 282 g/mol. The summed E-state index contributed by atoms with van der Waals surface area (Å²) in [6, 6.07) is 8.09. The molecule has 0 saturated carbocycles. The van der Waals surface area contributed by atoms with Gasteiger partial charge in [0.1, 0.15) is 0 Å². The van der Waals surface area contributed by atoms with Crippen molar-refractivity contribution in [1.29, 1.82) is 0 Å². The van der Waals surface area contributed by atoms with E-state index in [0.29, 0.717) is 18.1 Å². The number of carbonyl (C=O) groups excluding carboxylic acids is 1. The normalized spacial score (nSPS) is 13.4. The van der Waals surface area contributed by atoms with Crippen molar-refractivity contribution in [3.05, 3.63) is 47.3 Å². The summed E-state index contributed by atoms with van der Waals surface area (Å²) in [7, 11) is 0. The second-order valence-corrected chi connectivity index (χ2v) is 5.00. The predicted molar refractivity (Wildman–Crippen MR) is 82.5 cm³/mol. The van der Waals surface area contributed by atoms with E-state index in [2.05, 4.69) is 34.3 Å². The number of aryl methyl sites for hydroxylation is 1. The summed E-state index contributed by atoms with van der Waals surface area (Å²) >= 11 is 0. The number of anilines is 2. The van der Waals surface area contributed by atoms with Crippen molar-refractivity contribution in [2.75, 3.05) is 16.8 Å². The number of nitrogens with one attached hydrogen (secondary N) is 1. The molecule has 0 radical (unpaired) electrons.